The van der Waals surface area contributed by atoms with Gasteiger partial charge in [-0.2, -0.15) is 0 Å². The van der Waals surface area contributed by atoms with Gasteiger partial charge in [0.15, 0.2) is 0 Å². The summed E-state index contributed by atoms with van der Waals surface area (Å²) in [5, 5.41) is 3.05. The van der Waals surface area contributed by atoms with Gasteiger partial charge in [-0.05, 0) is 25.5 Å². The second kappa shape index (κ2) is 12.3. The highest BCUT2D eigenvalue weighted by molar-refractivity contribution is 7.13. The van der Waals surface area contributed by atoms with Gasteiger partial charge in [-0.25, -0.2) is 4.98 Å². The number of nitrogens with zero attached hydrogens (tertiary/aromatic N) is 4. The fourth-order valence-corrected chi connectivity index (χ4v) is 4.69. The Bertz CT molecular complexity index is 788. The average molecular weight is 443 g/mol. The van der Waals surface area contributed by atoms with Gasteiger partial charge in [-0.1, -0.05) is 51.0 Å². The van der Waals surface area contributed by atoms with E-state index in [4.69, 9.17) is 4.98 Å². The van der Waals surface area contributed by atoms with E-state index in [0.717, 1.165) is 87.8 Å². The minimum Gasteiger partial charge on any atom is -0.342 e. The van der Waals surface area contributed by atoms with Crippen molar-refractivity contribution < 1.29 is 4.79 Å². The Labute approximate surface area is 192 Å². The fourth-order valence-electron chi connectivity index (χ4n) is 3.86. The first-order chi connectivity index (χ1) is 15.1. The van der Waals surface area contributed by atoms with Crippen LogP contribution in [0.25, 0.3) is 10.6 Å². The van der Waals surface area contributed by atoms with Crippen molar-refractivity contribution in [3.63, 3.8) is 0 Å². The van der Waals surface area contributed by atoms with Crippen LogP contribution in [0, 0.1) is 0 Å². The Morgan fingerprint density at radius 1 is 1.03 bits per heavy atom. The van der Waals surface area contributed by atoms with E-state index in [2.05, 4.69) is 55.0 Å². The van der Waals surface area contributed by atoms with Gasteiger partial charge in [-0.15, -0.1) is 11.3 Å². The second-order valence-corrected chi connectivity index (χ2v) is 9.54. The number of rotatable bonds is 11. The third-order valence-electron chi connectivity index (χ3n) is 6.00. The molecule has 0 bridgehead atoms. The van der Waals surface area contributed by atoms with Gasteiger partial charge in [0.1, 0.15) is 5.01 Å². The first-order valence-corrected chi connectivity index (χ1v) is 12.7. The van der Waals surface area contributed by atoms with Crippen molar-refractivity contribution in [3.8, 4) is 10.6 Å². The zero-order valence-corrected chi connectivity index (χ0v) is 20.3. The summed E-state index contributed by atoms with van der Waals surface area (Å²) in [5.74, 6) is 0.210. The van der Waals surface area contributed by atoms with Crippen molar-refractivity contribution >= 4 is 17.2 Å². The topological polar surface area (TPSA) is 39.7 Å². The number of piperazine rings is 1. The van der Waals surface area contributed by atoms with E-state index < -0.39 is 0 Å². The van der Waals surface area contributed by atoms with E-state index in [1.807, 2.05) is 10.3 Å². The molecular formula is C25H38N4OS. The molecule has 1 saturated heterocycles. The van der Waals surface area contributed by atoms with Gasteiger partial charge in [0, 0.05) is 56.8 Å². The number of benzene rings is 1. The van der Waals surface area contributed by atoms with Crippen LogP contribution >= 0.6 is 11.3 Å². The normalized spacial score (nSPS) is 15.3. The monoisotopic (exact) mass is 442 g/mol. The summed E-state index contributed by atoms with van der Waals surface area (Å²) in [5.41, 5.74) is 3.38. The summed E-state index contributed by atoms with van der Waals surface area (Å²) in [6.07, 6.45) is 4.77. The van der Waals surface area contributed by atoms with Gasteiger partial charge in [0.05, 0.1) is 12.1 Å². The van der Waals surface area contributed by atoms with E-state index in [1.54, 1.807) is 11.3 Å². The van der Waals surface area contributed by atoms with Crippen molar-refractivity contribution in [2.24, 2.45) is 0 Å². The van der Waals surface area contributed by atoms with Crippen LogP contribution < -0.4 is 0 Å². The SMILES string of the molecule is CCCCN(CCCC)C(=O)Cc1csc(-c2ccc(CN3CCN(C)CC3)cc2)n1. The van der Waals surface area contributed by atoms with E-state index in [0.29, 0.717) is 6.42 Å². The highest BCUT2D eigenvalue weighted by Crippen LogP contribution is 2.25. The third-order valence-corrected chi connectivity index (χ3v) is 6.94. The molecular weight excluding hydrogens is 404 g/mol. The van der Waals surface area contributed by atoms with E-state index in [-0.39, 0.29) is 5.91 Å². The number of carbonyl (C=O) groups excluding carboxylic acids is 1. The van der Waals surface area contributed by atoms with Gasteiger partial charge in [-0.3, -0.25) is 9.69 Å². The molecule has 1 aromatic carbocycles. The van der Waals surface area contributed by atoms with Crippen molar-refractivity contribution in [1.82, 2.24) is 19.7 Å². The average Bonchev–Trinajstić information content (AvgIpc) is 3.24. The van der Waals surface area contributed by atoms with Gasteiger partial charge >= 0.3 is 0 Å². The van der Waals surface area contributed by atoms with Crippen LogP contribution in [0.2, 0.25) is 0 Å². The predicted molar refractivity (Wildman–Crippen MR) is 130 cm³/mol. The number of aromatic nitrogens is 1. The molecule has 6 heteroatoms. The molecule has 1 aromatic heterocycles. The summed E-state index contributed by atoms with van der Waals surface area (Å²) in [6, 6.07) is 8.78. The first-order valence-electron chi connectivity index (χ1n) is 11.8. The number of thiazole rings is 1. The van der Waals surface area contributed by atoms with Crippen molar-refractivity contribution in [2.45, 2.75) is 52.5 Å². The molecule has 1 aliphatic heterocycles. The lowest BCUT2D eigenvalue weighted by molar-refractivity contribution is -0.130. The van der Waals surface area contributed by atoms with Gasteiger partial charge in [0.2, 0.25) is 5.91 Å². The number of carbonyl (C=O) groups is 1. The summed E-state index contributed by atoms with van der Waals surface area (Å²) in [4.78, 5) is 24.5. The quantitative estimate of drug-likeness (QED) is 0.513. The number of hydrogen-bond donors (Lipinski definition) is 0. The maximum Gasteiger partial charge on any atom is 0.228 e. The maximum atomic E-state index is 12.8. The Balaban J connectivity index is 1.56. The number of hydrogen-bond acceptors (Lipinski definition) is 5. The molecule has 2 heterocycles. The lowest BCUT2D eigenvalue weighted by Crippen LogP contribution is -2.43. The molecule has 1 amide bonds. The molecule has 0 radical (unpaired) electrons. The Morgan fingerprint density at radius 3 is 2.29 bits per heavy atom. The molecule has 0 aliphatic carbocycles. The Hall–Kier alpha value is -1.76. The third kappa shape index (κ3) is 7.41. The largest absolute Gasteiger partial charge is 0.342 e. The highest BCUT2D eigenvalue weighted by Gasteiger charge is 2.16. The van der Waals surface area contributed by atoms with E-state index in [1.165, 1.54) is 5.56 Å². The lowest BCUT2D eigenvalue weighted by Gasteiger charge is -2.32. The molecule has 1 aliphatic rings. The second-order valence-electron chi connectivity index (χ2n) is 8.69. The van der Waals surface area contributed by atoms with Crippen molar-refractivity contribution in [2.75, 3.05) is 46.3 Å². The van der Waals surface area contributed by atoms with Gasteiger partial charge < -0.3 is 9.80 Å². The lowest BCUT2D eigenvalue weighted by atomic mass is 10.1. The van der Waals surface area contributed by atoms with Crippen LogP contribution in [-0.4, -0.2) is 71.9 Å². The number of unbranched alkanes of at least 4 members (excludes halogenated alkanes) is 2. The minimum atomic E-state index is 0.210. The molecule has 0 atom stereocenters. The number of amides is 1. The predicted octanol–water partition coefficient (Wildman–Crippen LogP) is 4.53. The Kier molecular flexibility index (Phi) is 9.50. The van der Waals surface area contributed by atoms with E-state index in [9.17, 15) is 4.79 Å². The van der Waals surface area contributed by atoms with E-state index >= 15 is 0 Å². The molecule has 0 spiro atoms. The molecule has 5 nitrogen and oxygen atoms in total. The molecule has 1 fully saturated rings. The summed E-state index contributed by atoms with van der Waals surface area (Å²) >= 11 is 1.64. The van der Waals surface area contributed by atoms with Crippen molar-refractivity contribution in [3.05, 3.63) is 40.9 Å². The van der Waals surface area contributed by atoms with Crippen LogP contribution in [0.3, 0.4) is 0 Å². The van der Waals surface area contributed by atoms with Crippen LogP contribution in [-0.2, 0) is 17.8 Å². The van der Waals surface area contributed by atoms with Crippen LogP contribution in [0.15, 0.2) is 29.6 Å². The van der Waals surface area contributed by atoms with Gasteiger partial charge in [0.25, 0.3) is 0 Å². The smallest absolute Gasteiger partial charge is 0.228 e. The van der Waals surface area contributed by atoms with Crippen LogP contribution in [0.1, 0.15) is 50.8 Å². The standard InChI is InChI=1S/C25H38N4OS/c1-4-6-12-29(13-7-5-2)24(30)18-23-20-31-25(26-23)22-10-8-21(9-11-22)19-28-16-14-27(3)15-17-28/h8-11,20H,4-7,12-19H2,1-3H3. The molecule has 0 N–H and O–H groups in total. The molecule has 3 rings (SSSR count). The molecule has 0 saturated carbocycles. The summed E-state index contributed by atoms with van der Waals surface area (Å²) < 4.78 is 0. The van der Waals surface area contributed by atoms with Crippen LogP contribution in [0.4, 0.5) is 0 Å². The zero-order chi connectivity index (χ0) is 22.1. The molecule has 31 heavy (non-hydrogen) atoms. The maximum absolute atomic E-state index is 12.8. The minimum absolute atomic E-state index is 0.210. The molecule has 170 valence electrons. The summed E-state index contributed by atoms with van der Waals surface area (Å²) in [7, 11) is 2.19. The number of likely N-dealkylation sites (N-methyl/N-ethyl adjacent to an activating group) is 1. The van der Waals surface area contributed by atoms with Crippen molar-refractivity contribution in [1.29, 1.82) is 0 Å². The highest BCUT2D eigenvalue weighted by atomic mass is 32.1. The molecule has 0 unspecified atom stereocenters. The summed E-state index contributed by atoms with van der Waals surface area (Å²) in [6.45, 7) is 11.6. The molecule has 2 aromatic rings. The Morgan fingerprint density at radius 2 is 1.68 bits per heavy atom. The fraction of sp³-hybridized carbons (Fsp3) is 0.600. The zero-order valence-electron chi connectivity index (χ0n) is 19.5. The van der Waals surface area contributed by atoms with Crippen LogP contribution in [0.5, 0.6) is 0 Å². The first kappa shape index (κ1) is 23.9.